The molecule has 0 radical (unpaired) electrons. The standard InChI is InChI=1S/C15H20BrNO4/c1-9(14(19)21-15(2,3)4)17-13(18)11-8-10(20-5)6-7-12(11)16/h6-9H,1-5H3,(H,17,18)/t9-/m0/s1. The number of halogens is 1. The van der Waals surface area contributed by atoms with Gasteiger partial charge in [-0.1, -0.05) is 0 Å². The lowest BCUT2D eigenvalue weighted by Crippen LogP contribution is -2.42. The molecule has 1 aromatic carbocycles. The van der Waals surface area contributed by atoms with E-state index >= 15 is 0 Å². The van der Waals surface area contributed by atoms with Gasteiger partial charge in [0.05, 0.1) is 12.7 Å². The highest BCUT2D eigenvalue weighted by molar-refractivity contribution is 9.10. The van der Waals surface area contributed by atoms with Crippen LogP contribution in [0.25, 0.3) is 0 Å². The van der Waals surface area contributed by atoms with Gasteiger partial charge in [-0.05, 0) is 61.8 Å². The van der Waals surface area contributed by atoms with E-state index in [9.17, 15) is 9.59 Å². The maximum Gasteiger partial charge on any atom is 0.328 e. The minimum Gasteiger partial charge on any atom is -0.497 e. The molecule has 0 aliphatic rings. The summed E-state index contributed by atoms with van der Waals surface area (Å²) in [6, 6.07) is 4.31. The average molecular weight is 358 g/mol. The Bertz CT molecular complexity index is 537. The summed E-state index contributed by atoms with van der Waals surface area (Å²) in [5.41, 5.74) is -0.197. The molecule has 0 spiro atoms. The first kappa shape index (κ1) is 17.5. The van der Waals surface area contributed by atoms with Crippen LogP contribution in [0.15, 0.2) is 22.7 Å². The van der Waals surface area contributed by atoms with Gasteiger partial charge in [0.25, 0.3) is 5.91 Å². The van der Waals surface area contributed by atoms with Crippen molar-refractivity contribution in [3.05, 3.63) is 28.2 Å². The fourth-order valence-electron chi connectivity index (χ4n) is 1.53. The molecule has 0 saturated heterocycles. The Hall–Kier alpha value is -1.56. The van der Waals surface area contributed by atoms with Crippen LogP contribution in [-0.4, -0.2) is 30.6 Å². The van der Waals surface area contributed by atoms with Crippen molar-refractivity contribution in [2.75, 3.05) is 7.11 Å². The van der Waals surface area contributed by atoms with E-state index in [1.165, 1.54) is 7.11 Å². The largest absolute Gasteiger partial charge is 0.497 e. The van der Waals surface area contributed by atoms with Gasteiger partial charge in [-0.2, -0.15) is 0 Å². The third-order valence-electron chi connectivity index (χ3n) is 2.53. The topological polar surface area (TPSA) is 64.6 Å². The van der Waals surface area contributed by atoms with Crippen molar-refractivity contribution >= 4 is 27.8 Å². The van der Waals surface area contributed by atoms with Crippen LogP contribution < -0.4 is 10.1 Å². The van der Waals surface area contributed by atoms with Gasteiger partial charge in [-0.15, -0.1) is 0 Å². The van der Waals surface area contributed by atoms with E-state index in [0.29, 0.717) is 15.8 Å². The zero-order valence-electron chi connectivity index (χ0n) is 12.8. The lowest BCUT2D eigenvalue weighted by atomic mass is 10.1. The summed E-state index contributed by atoms with van der Waals surface area (Å²) in [5.74, 6) is -0.290. The SMILES string of the molecule is COc1ccc(Br)c(C(=O)N[C@@H](C)C(=O)OC(C)(C)C)c1. The molecular formula is C15H20BrNO4. The molecule has 0 bridgehead atoms. The van der Waals surface area contributed by atoms with Gasteiger partial charge in [-0.3, -0.25) is 4.79 Å². The van der Waals surface area contributed by atoms with Gasteiger partial charge in [0, 0.05) is 4.47 Å². The molecule has 6 heteroatoms. The molecule has 0 unspecified atom stereocenters. The van der Waals surface area contributed by atoms with Crippen molar-refractivity contribution in [2.45, 2.75) is 39.3 Å². The van der Waals surface area contributed by atoms with Crippen molar-refractivity contribution in [3.8, 4) is 5.75 Å². The summed E-state index contributed by atoms with van der Waals surface area (Å²) in [5, 5.41) is 2.61. The van der Waals surface area contributed by atoms with Gasteiger partial charge in [0.15, 0.2) is 0 Å². The third-order valence-corrected chi connectivity index (χ3v) is 3.22. The molecular weight excluding hydrogens is 338 g/mol. The molecule has 0 saturated carbocycles. The van der Waals surface area contributed by atoms with Gasteiger partial charge < -0.3 is 14.8 Å². The molecule has 0 aromatic heterocycles. The molecule has 116 valence electrons. The quantitative estimate of drug-likeness (QED) is 0.841. The Labute approximate surface area is 133 Å². The first-order valence-electron chi connectivity index (χ1n) is 6.51. The summed E-state index contributed by atoms with van der Waals surface area (Å²) in [6.45, 7) is 6.91. The highest BCUT2D eigenvalue weighted by atomic mass is 79.9. The number of esters is 1. The zero-order valence-corrected chi connectivity index (χ0v) is 14.4. The second kappa shape index (κ2) is 6.93. The molecule has 1 aromatic rings. The van der Waals surface area contributed by atoms with Crippen LogP contribution in [0, 0.1) is 0 Å². The van der Waals surface area contributed by atoms with Crippen LogP contribution in [-0.2, 0) is 9.53 Å². The molecule has 0 aliphatic carbocycles. The molecule has 1 N–H and O–H groups in total. The number of methoxy groups -OCH3 is 1. The highest BCUT2D eigenvalue weighted by Gasteiger charge is 2.24. The van der Waals surface area contributed by atoms with Gasteiger partial charge in [-0.25, -0.2) is 4.79 Å². The number of hydrogen-bond acceptors (Lipinski definition) is 4. The van der Waals surface area contributed by atoms with Crippen molar-refractivity contribution in [3.63, 3.8) is 0 Å². The minimum atomic E-state index is -0.741. The van der Waals surface area contributed by atoms with Gasteiger partial charge in [0.1, 0.15) is 17.4 Å². The van der Waals surface area contributed by atoms with Crippen LogP contribution in [0.1, 0.15) is 38.1 Å². The summed E-state index contributed by atoms with van der Waals surface area (Å²) in [7, 11) is 1.52. The fourth-order valence-corrected chi connectivity index (χ4v) is 1.96. The Balaban J connectivity index is 2.79. The Morgan fingerprint density at radius 1 is 1.29 bits per heavy atom. The van der Waals surface area contributed by atoms with E-state index < -0.39 is 17.6 Å². The third kappa shape index (κ3) is 5.38. The molecule has 1 atom stereocenters. The lowest BCUT2D eigenvalue weighted by Gasteiger charge is -2.22. The lowest BCUT2D eigenvalue weighted by molar-refractivity contribution is -0.156. The van der Waals surface area contributed by atoms with E-state index in [2.05, 4.69) is 21.2 Å². The van der Waals surface area contributed by atoms with E-state index in [1.807, 2.05) is 0 Å². The number of carbonyl (C=O) groups excluding carboxylic acids is 2. The molecule has 0 aliphatic heterocycles. The van der Waals surface area contributed by atoms with Crippen LogP contribution in [0.2, 0.25) is 0 Å². The monoisotopic (exact) mass is 357 g/mol. The molecule has 1 amide bonds. The summed E-state index contributed by atoms with van der Waals surface area (Å²) in [4.78, 5) is 24.1. The van der Waals surface area contributed by atoms with E-state index in [4.69, 9.17) is 9.47 Å². The molecule has 1 rings (SSSR count). The molecule has 5 nitrogen and oxygen atoms in total. The van der Waals surface area contributed by atoms with Crippen LogP contribution >= 0.6 is 15.9 Å². The summed E-state index contributed by atoms with van der Waals surface area (Å²) < 4.78 is 10.9. The highest BCUT2D eigenvalue weighted by Crippen LogP contribution is 2.22. The second-order valence-corrected chi connectivity index (χ2v) is 6.43. The summed E-state index contributed by atoms with van der Waals surface area (Å²) in [6.07, 6.45) is 0. The first-order chi connectivity index (χ1) is 9.64. The predicted octanol–water partition coefficient (Wildman–Crippen LogP) is 2.92. The number of amides is 1. The van der Waals surface area contributed by atoms with Crippen molar-refractivity contribution in [2.24, 2.45) is 0 Å². The van der Waals surface area contributed by atoms with Gasteiger partial charge >= 0.3 is 5.97 Å². The van der Waals surface area contributed by atoms with E-state index in [1.54, 1.807) is 45.9 Å². The van der Waals surface area contributed by atoms with E-state index in [-0.39, 0.29) is 5.91 Å². The fraction of sp³-hybridized carbons (Fsp3) is 0.467. The molecule has 0 fully saturated rings. The number of carbonyl (C=O) groups is 2. The Kier molecular flexibility index (Phi) is 5.78. The zero-order chi connectivity index (χ0) is 16.2. The maximum atomic E-state index is 12.2. The van der Waals surface area contributed by atoms with E-state index in [0.717, 1.165) is 0 Å². The Morgan fingerprint density at radius 2 is 1.90 bits per heavy atom. The normalized spacial score (nSPS) is 12.5. The molecule has 21 heavy (non-hydrogen) atoms. The number of ether oxygens (including phenoxy) is 2. The maximum absolute atomic E-state index is 12.2. The van der Waals surface area contributed by atoms with Crippen molar-refractivity contribution < 1.29 is 19.1 Å². The van der Waals surface area contributed by atoms with Crippen LogP contribution in [0.5, 0.6) is 5.75 Å². The number of benzene rings is 1. The van der Waals surface area contributed by atoms with Gasteiger partial charge in [0.2, 0.25) is 0 Å². The van der Waals surface area contributed by atoms with Crippen LogP contribution in [0.3, 0.4) is 0 Å². The molecule has 0 heterocycles. The second-order valence-electron chi connectivity index (χ2n) is 5.57. The number of hydrogen-bond donors (Lipinski definition) is 1. The number of nitrogens with one attached hydrogen (secondary N) is 1. The van der Waals surface area contributed by atoms with Crippen LogP contribution in [0.4, 0.5) is 0 Å². The predicted molar refractivity (Wildman–Crippen MR) is 83.5 cm³/mol. The first-order valence-corrected chi connectivity index (χ1v) is 7.30. The number of rotatable bonds is 4. The smallest absolute Gasteiger partial charge is 0.328 e. The van der Waals surface area contributed by atoms with Crippen molar-refractivity contribution in [1.82, 2.24) is 5.32 Å². The Morgan fingerprint density at radius 3 is 2.43 bits per heavy atom. The average Bonchev–Trinajstić information content (AvgIpc) is 2.37. The summed E-state index contributed by atoms with van der Waals surface area (Å²) >= 11 is 3.30. The minimum absolute atomic E-state index is 0.376. The van der Waals surface area contributed by atoms with Crippen molar-refractivity contribution in [1.29, 1.82) is 0 Å².